The average molecular weight is 263 g/mol. The van der Waals surface area contributed by atoms with Crippen molar-refractivity contribution in [1.29, 1.82) is 0 Å². The summed E-state index contributed by atoms with van der Waals surface area (Å²) < 4.78 is 0. The van der Waals surface area contributed by atoms with Crippen molar-refractivity contribution in [3.8, 4) is 5.75 Å². The number of phenols is 1. The van der Waals surface area contributed by atoms with E-state index in [0.717, 1.165) is 31.5 Å². The Labute approximate surface area is 115 Å². The van der Waals surface area contributed by atoms with Crippen molar-refractivity contribution < 1.29 is 10.2 Å². The van der Waals surface area contributed by atoms with Crippen LogP contribution in [-0.4, -0.2) is 34.2 Å². The van der Waals surface area contributed by atoms with Gasteiger partial charge in [-0.25, -0.2) is 0 Å². The van der Waals surface area contributed by atoms with E-state index in [2.05, 4.69) is 24.8 Å². The van der Waals surface area contributed by atoms with Crippen molar-refractivity contribution in [2.24, 2.45) is 0 Å². The van der Waals surface area contributed by atoms with Gasteiger partial charge in [0.15, 0.2) is 0 Å². The number of aliphatic hydroxyl groups excluding tert-OH is 1. The van der Waals surface area contributed by atoms with E-state index in [4.69, 9.17) is 0 Å². The molecular weight excluding hydrogens is 238 g/mol. The first-order valence-corrected chi connectivity index (χ1v) is 7.38. The number of nitrogens with zero attached hydrogens (tertiary/aromatic N) is 1. The molecule has 0 radical (unpaired) electrons. The Kier molecular flexibility index (Phi) is 4.83. The summed E-state index contributed by atoms with van der Waals surface area (Å²) in [5.41, 5.74) is 2.95. The molecule has 106 valence electrons. The van der Waals surface area contributed by atoms with Crippen molar-refractivity contribution in [2.45, 2.75) is 52.2 Å². The van der Waals surface area contributed by atoms with Crippen LogP contribution in [0.25, 0.3) is 0 Å². The van der Waals surface area contributed by atoms with Gasteiger partial charge in [0.05, 0.1) is 6.61 Å². The van der Waals surface area contributed by atoms with Gasteiger partial charge in [-0.15, -0.1) is 0 Å². The van der Waals surface area contributed by atoms with Crippen LogP contribution in [0.5, 0.6) is 5.75 Å². The van der Waals surface area contributed by atoms with E-state index in [0.29, 0.717) is 17.4 Å². The predicted molar refractivity (Wildman–Crippen MR) is 77.4 cm³/mol. The second kappa shape index (κ2) is 6.40. The maximum Gasteiger partial charge on any atom is 0.124 e. The molecule has 3 heteroatoms. The highest BCUT2D eigenvalue weighted by Gasteiger charge is 2.28. The summed E-state index contributed by atoms with van der Waals surface area (Å²) in [7, 11) is 0. The molecule has 1 aliphatic rings. The summed E-state index contributed by atoms with van der Waals surface area (Å²) in [6.07, 6.45) is 4.27. The lowest BCUT2D eigenvalue weighted by Gasteiger charge is -2.27. The summed E-state index contributed by atoms with van der Waals surface area (Å²) in [6, 6.07) is 4.42. The first-order valence-electron chi connectivity index (χ1n) is 7.38. The van der Waals surface area contributed by atoms with Crippen LogP contribution < -0.4 is 0 Å². The Hall–Kier alpha value is -1.06. The summed E-state index contributed by atoms with van der Waals surface area (Å²) in [4.78, 5) is 2.54. The zero-order chi connectivity index (χ0) is 13.8. The molecule has 0 amide bonds. The van der Waals surface area contributed by atoms with Crippen molar-refractivity contribution >= 4 is 0 Å². The third-order valence-electron chi connectivity index (χ3n) is 4.07. The maximum atomic E-state index is 10.2. The number of rotatable bonds is 6. The second-order valence-electron chi connectivity index (χ2n) is 5.47. The van der Waals surface area contributed by atoms with Crippen LogP contribution in [0.3, 0.4) is 0 Å². The van der Waals surface area contributed by atoms with E-state index < -0.39 is 0 Å². The van der Waals surface area contributed by atoms with Gasteiger partial charge in [0, 0.05) is 11.6 Å². The number of fused-ring (bicyclic) bond motifs is 1. The number of hydrogen-bond acceptors (Lipinski definition) is 3. The largest absolute Gasteiger partial charge is 0.507 e. The molecule has 0 unspecified atom stereocenters. The van der Waals surface area contributed by atoms with Crippen molar-refractivity contribution in [3.05, 3.63) is 28.8 Å². The summed E-state index contributed by atoms with van der Waals surface area (Å²) >= 11 is 0. The molecule has 0 heterocycles. The molecule has 1 aromatic carbocycles. The Morgan fingerprint density at radius 2 is 1.84 bits per heavy atom. The van der Waals surface area contributed by atoms with Gasteiger partial charge in [-0.05, 0) is 49.9 Å². The molecule has 2 N–H and O–H groups in total. The highest BCUT2D eigenvalue weighted by Crippen LogP contribution is 2.34. The highest BCUT2D eigenvalue weighted by molar-refractivity contribution is 5.48. The zero-order valence-electron chi connectivity index (χ0n) is 12.0. The third-order valence-corrected chi connectivity index (χ3v) is 4.07. The van der Waals surface area contributed by atoms with Crippen LogP contribution in [0.2, 0.25) is 0 Å². The fourth-order valence-corrected chi connectivity index (χ4v) is 3.14. The van der Waals surface area contributed by atoms with E-state index in [-0.39, 0.29) is 6.61 Å². The van der Waals surface area contributed by atoms with E-state index in [1.165, 1.54) is 18.4 Å². The highest BCUT2D eigenvalue weighted by atomic mass is 16.3. The normalized spacial score (nSPS) is 18.0. The lowest BCUT2D eigenvalue weighted by molar-refractivity contribution is 0.201. The molecule has 0 spiro atoms. The van der Waals surface area contributed by atoms with Gasteiger partial charge in [-0.1, -0.05) is 26.0 Å². The molecule has 2 rings (SSSR count). The zero-order valence-corrected chi connectivity index (χ0v) is 12.0. The van der Waals surface area contributed by atoms with Crippen LogP contribution in [0.15, 0.2) is 12.1 Å². The predicted octanol–water partition coefficient (Wildman–Crippen LogP) is 2.47. The average Bonchev–Trinajstić information content (AvgIpc) is 2.84. The molecule has 3 nitrogen and oxygen atoms in total. The molecule has 1 atom stereocenters. The van der Waals surface area contributed by atoms with Crippen LogP contribution in [0.1, 0.15) is 43.4 Å². The molecule has 0 fully saturated rings. The number of hydrogen-bond donors (Lipinski definition) is 2. The summed E-state index contributed by atoms with van der Waals surface area (Å²) in [5.74, 6) is 0.315. The van der Waals surface area contributed by atoms with Crippen LogP contribution in [0.4, 0.5) is 0 Å². The SMILES string of the molecule is CCCN(CCC)[C@H]1Cc2ccc(CO)c(O)c2C1. The molecule has 0 aliphatic heterocycles. The minimum absolute atomic E-state index is 0.0859. The van der Waals surface area contributed by atoms with E-state index in [9.17, 15) is 10.2 Å². The minimum atomic E-state index is -0.0859. The van der Waals surface area contributed by atoms with Gasteiger partial charge in [0.1, 0.15) is 5.75 Å². The molecule has 0 saturated heterocycles. The summed E-state index contributed by atoms with van der Waals surface area (Å²) in [6.45, 7) is 6.59. The Balaban J connectivity index is 2.16. The van der Waals surface area contributed by atoms with Crippen LogP contribution in [-0.2, 0) is 19.4 Å². The molecule has 0 saturated carbocycles. The maximum absolute atomic E-state index is 10.2. The number of aliphatic hydroxyl groups is 1. The fourth-order valence-electron chi connectivity index (χ4n) is 3.14. The van der Waals surface area contributed by atoms with Gasteiger partial charge in [-0.2, -0.15) is 0 Å². The third kappa shape index (κ3) is 2.93. The van der Waals surface area contributed by atoms with E-state index >= 15 is 0 Å². The van der Waals surface area contributed by atoms with Gasteiger partial charge in [-0.3, -0.25) is 4.90 Å². The molecule has 1 aliphatic carbocycles. The number of benzene rings is 1. The van der Waals surface area contributed by atoms with Gasteiger partial charge >= 0.3 is 0 Å². The Morgan fingerprint density at radius 3 is 2.42 bits per heavy atom. The molecule has 0 aromatic heterocycles. The monoisotopic (exact) mass is 263 g/mol. The first kappa shape index (κ1) is 14.4. The van der Waals surface area contributed by atoms with Gasteiger partial charge in [0.2, 0.25) is 0 Å². The van der Waals surface area contributed by atoms with E-state index in [1.54, 1.807) is 0 Å². The molecule has 1 aromatic rings. The lowest BCUT2D eigenvalue weighted by Crippen LogP contribution is -2.37. The lowest BCUT2D eigenvalue weighted by atomic mass is 10.1. The van der Waals surface area contributed by atoms with Crippen molar-refractivity contribution in [3.63, 3.8) is 0 Å². The Bertz CT molecular complexity index is 425. The minimum Gasteiger partial charge on any atom is -0.507 e. The van der Waals surface area contributed by atoms with Gasteiger partial charge < -0.3 is 10.2 Å². The Morgan fingerprint density at radius 1 is 1.16 bits per heavy atom. The first-order chi connectivity index (χ1) is 9.21. The molecule has 19 heavy (non-hydrogen) atoms. The fraction of sp³-hybridized carbons (Fsp3) is 0.625. The van der Waals surface area contributed by atoms with Gasteiger partial charge in [0.25, 0.3) is 0 Å². The van der Waals surface area contributed by atoms with Crippen LogP contribution >= 0.6 is 0 Å². The van der Waals surface area contributed by atoms with Crippen molar-refractivity contribution in [2.75, 3.05) is 13.1 Å². The quantitative estimate of drug-likeness (QED) is 0.828. The number of aromatic hydroxyl groups is 1. The topological polar surface area (TPSA) is 43.7 Å². The van der Waals surface area contributed by atoms with E-state index in [1.807, 2.05) is 6.07 Å². The molecular formula is C16H25NO2. The standard InChI is InChI=1S/C16H25NO2/c1-3-7-17(8-4-2)14-9-12-5-6-13(11-18)16(19)15(12)10-14/h5-6,14,18-19H,3-4,7-11H2,1-2H3/t14-/m0/s1. The van der Waals surface area contributed by atoms with Crippen LogP contribution in [0, 0.1) is 0 Å². The summed E-state index contributed by atoms with van der Waals surface area (Å²) in [5, 5.41) is 19.4. The van der Waals surface area contributed by atoms with Crippen molar-refractivity contribution in [1.82, 2.24) is 4.90 Å². The molecule has 0 bridgehead atoms. The smallest absolute Gasteiger partial charge is 0.124 e. The second-order valence-corrected chi connectivity index (χ2v) is 5.47.